The Labute approximate surface area is 99.5 Å². The van der Waals surface area contributed by atoms with E-state index in [1.165, 1.54) is 23.2 Å². The summed E-state index contributed by atoms with van der Waals surface area (Å²) in [6, 6.07) is 7.01. The predicted molar refractivity (Wildman–Crippen MR) is 72.2 cm³/mol. The molecule has 0 aliphatic heterocycles. The van der Waals surface area contributed by atoms with Gasteiger partial charge in [-0.2, -0.15) is 0 Å². The second-order valence-corrected chi connectivity index (χ2v) is 4.44. The van der Waals surface area contributed by atoms with Gasteiger partial charge >= 0.3 is 0 Å². The van der Waals surface area contributed by atoms with E-state index in [0.717, 1.165) is 13.1 Å². The first-order valence-electron chi connectivity index (χ1n) is 6.18. The van der Waals surface area contributed by atoms with E-state index in [9.17, 15) is 0 Å². The van der Waals surface area contributed by atoms with Gasteiger partial charge in [0.1, 0.15) is 0 Å². The average molecular weight is 220 g/mol. The summed E-state index contributed by atoms with van der Waals surface area (Å²) in [5.41, 5.74) is 3.96. The van der Waals surface area contributed by atoms with E-state index in [2.05, 4.69) is 56.5 Å². The van der Waals surface area contributed by atoms with Crippen molar-refractivity contribution in [3.8, 4) is 0 Å². The van der Waals surface area contributed by atoms with Gasteiger partial charge in [0.2, 0.25) is 0 Å². The largest absolute Gasteiger partial charge is 0.384 e. The fraction of sp³-hybridized carbons (Fsp3) is 0.571. The highest BCUT2D eigenvalue weighted by Crippen LogP contribution is 2.17. The first kappa shape index (κ1) is 13.0. The third-order valence-electron chi connectivity index (χ3n) is 3.15. The van der Waals surface area contributed by atoms with Gasteiger partial charge in [0.05, 0.1) is 0 Å². The van der Waals surface area contributed by atoms with Gasteiger partial charge in [0.25, 0.3) is 0 Å². The molecule has 0 bridgehead atoms. The summed E-state index contributed by atoms with van der Waals surface area (Å²) in [5.74, 6) is 0. The SMILES string of the molecule is CCC(C)NCCNc1cccc(C)c1C. The van der Waals surface area contributed by atoms with Crippen LogP contribution in [0.2, 0.25) is 0 Å². The third kappa shape index (κ3) is 3.86. The molecule has 0 aromatic heterocycles. The van der Waals surface area contributed by atoms with E-state index in [1.807, 2.05) is 0 Å². The summed E-state index contributed by atoms with van der Waals surface area (Å²) < 4.78 is 0. The lowest BCUT2D eigenvalue weighted by Gasteiger charge is -2.14. The van der Waals surface area contributed by atoms with Crippen molar-refractivity contribution in [3.05, 3.63) is 29.3 Å². The Morgan fingerprint density at radius 3 is 2.62 bits per heavy atom. The van der Waals surface area contributed by atoms with Crippen molar-refractivity contribution in [1.82, 2.24) is 5.32 Å². The molecule has 0 amide bonds. The summed E-state index contributed by atoms with van der Waals surface area (Å²) >= 11 is 0. The number of hydrogen-bond acceptors (Lipinski definition) is 2. The second-order valence-electron chi connectivity index (χ2n) is 4.44. The zero-order valence-corrected chi connectivity index (χ0v) is 10.9. The average Bonchev–Trinajstić information content (AvgIpc) is 2.29. The van der Waals surface area contributed by atoms with Crippen molar-refractivity contribution in [2.24, 2.45) is 0 Å². The van der Waals surface area contributed by atoms with E-state index in [4.69, 9.17) is 0 Å². The number of anilines is 1. The molecule has 2 nitrogen and oxygen atoms in total. The van der Waals surface area contributed by atoms with Crippen LogP contribution >= 0.6 is 0 Å². The molecule has 2 heteroatoms. The summed E-state index contributed by atoms with van der Waals surface area (Å²) in [5, 5.41) is 6.94. The molecule has 90 valence electrons. The van der Waals surface area contributed by atoms with E-state index >= 15 is 0 Å². The number of benzene rings is 1. The molecule has 1 aromatic carbocycles. The van der Waals surface area contributed by atoms with Gasteiger partial charge in [-0.25, -0.2) is 0 Å². The van der Waals surface area contributed by atoms with Gasteiger partial charge in [0.15, 0.2) is 0 Å². The second kappa shape index (κ2) is 6.54. The molecule has 16 heavy (non-hydrogen) atoms. The Bertz CT molecular complexity index is 321. The molecule has 1 rings (SSSR count). The van der Waals surface area contributed by atoms with Gasteiger partial charge in [0, 0.05) is 24.8 Å². The lowest BCUT2D eigenvalue weighted by Crippen LogP contribution is -2.30. The van der Waals surface area contributed by atoms with Crippen molar-refractivity contribution >= 4 is 5.69 Å². The standard InChI is InChI=1S/C14H24N2/c1-5-12(3)15-9-10-16-14-8-6-7-11(2)13(14)4/h6-8,12,15-16H,5,9-10H2,1-4H3. The molecule has 1 atom stereocenters. The van der Waals surface area contributed by atoms with E-state index in [-0.39, 0.29) is 0 Å². The van der Waals surface area contributed by atoms with Crippen molar-refractivity contribution in [2.45, 2.75) is 40.2 Å². The van der Waals surface area contributed by atoms with Gasteiger partial charge < -0.3 is 10.6 Å². The summed E-state index contributed by atoms with van der Waals surface area (Å²) in [6.45, 7) is 10.7. The van der Waals surface area contributed by atoms with Crippen LogP contribution in [0.15, 0.2) is 18.2 Å². The highest BCUT2D eigenvalue weighted by atomic mass is 15.0. The monoisotopic (exact) mass is 220 g/mol. The van der Waals surface area contributed by atoms with Crippen molar-refractivity contribution in [2.75, 3.05) is 18.4 Å². The molecule has 0 aliphatic rings. The maximum Gasteiger partial charge on any atom is 0.0372 e. The van der Waals surface area contributed by atoms with Gasteiger partial charge in [-0.1, -0.05) is 19.1 Å². The fourth-order valence-corrected chi connectivity index (χ4v) is 1.60. The van der Waals surface area contributed by atoms with Crippen LogP contribution in [-0.2, 0) is 0 Å². The Hall–Kier alpha value is -1.02. The van der Waals surface area contributed by atoms with Crippen LogP contribution in [0.1, 0.15) is 31.4 Å². The van der Waals surface area contributed by atoms with Crippen LogP contribution in [0.3, 0.4) is 0 Å². The Morgan fingerprint density at radius 1 is 1.19 bits per heavy atom. The van der Waals surface area contributed by atoms with Crippen molar-refractivity contribution in [3.63, 3.8) is 0 Å². The first-order valence-corrected chi connectivity index (χ1v) is 6.18. The quantitative estimate of drug-likeness (QED) is 0.720. The Balaban J connectivity index is 2.35. The fourth-order valence-electron chi connectivity index (χ4n) is 1.60. The van der Waals surface area contributed by atoms with E-state index < -0.39 is 0 Å². The molecule has 0 aliphatic carbocycles. The minimum atomic E-state index is 0.611. The van der Waals surface area contributed by atoms with Crippen molar-refractivity contribution < 1.29 is 0 Å². The Kier molecular flexibility index (Phi) is 5.33. The maximum absolute atomic E-state index is 3.47. The molecule has 2 N–H and O–H groups in total. The molecule has 0 spiro atoms. The molecule has 0 saturated carbocycles. The minimum absolute atomic E-state index is 0.611. The third-order valence-corrected chi connectivity index (χ3v) is 3.15. The van der Waals surface area contributed by atoms with Crippen LogP contribution in [0.25, 0.3) is 0 Å². The minimum Gasteiger partial charge on any atom is -0.384 e. The molecular formula is C14H24N2. The van der Waals surface area contributed by atoms with E-state index in [1.54, 1.807) is 0 Å². The zero-order valence-electron chi connectivity index (χ0n) is 10.9. The smallest absolute Gasteiger partial charge is 0.0372 e. The first-order chi connectivity index (χ1) is 7.65. The Morgan fingerprint density at radius 2 is 1.94 bits per heavy atom. The van der Waals surface area contributed by atoms with Gasteiger partial charge in [-0.15, -0.1) is 0 Å². The van der Waals surface area contributed by atoms with Crippen LogP contribution in [0, 0.1) is 13.8 Å². The maximum atomic E-state index is 3.47. The van der Waals surface area contributed by atoms with Gasteiger partial charge in [-0.05, 0) is 44.4 Å². The highest BCUT2D eigenvalue weighted by Gasteiger charge is 2.00. The molecule has 0 heterocycles. The lowest BCUT2D eigenvalue weighted by molar-refractivity contribution is 0.546. The number of nitrogens with one attached hydrogen (secondary N) is 2. The number of hydrogen-bond donors (Lipinski definition) is 2. The zero-order chi connectivity index (χ0) is 12.0. The lowest BCUT2D eigenvalue weighted by atomic mass is 10.1. The summed E-state index contributed by atoms with van der Waals surface area (Å²) in [7, 11) is 0. The molecular weight excluding hydrogens is 196 g/mol. The van der Waals surface area contributed by atoms with E-state index in [0.29, 0.717) is 6.04 Å². The van der Waals surface area contributed by atoms with Crippen LogP contribution in [-0.4, -0.2) is 19.1 Å². The topological polar surface area (TPSA) is 24.1 Å². The van der Waals surface area contributed by atoms with Gasteiger partial charge in [-0.3, -0.25) is 0 Å². The normalized spacial score (nSPS) is 12.5. The van der Waals surface area contributed by atoms with Crippen LogP contribution in [0.4, 0.5) is 5.69 Å². The van der Waals surface area contributed by atoms with Crippen LogP contribution in [0.5, 0.6) is 0 Å². The highest BCUT2D eigenvalue weighted by molar-refractivity contribution is 5.53. The molecule has 0 radical (unpaired) electrons. The molecule has 1 unspecified atom stereocenters. The number of aryl methyl sites for hydroxylation is 1. The summed E-state index contributed by atoms with van der Waals surface area (Å²) in [6.07, 6.45) is 1.18. The summed E-state index contributed by atoms with van der Waals surface area (Å²) in [4.78, 5) is 0. The molecule has 1 aromatic rings. The predicted octanol–water partition coefficient (Wildman–Crippen LogP) is 3.10. The number of rotatable bonds is 6. The molecule has 0 fully saturated rings. The molecule has 0 saturated heterocycles. The van der Waals surface area contributed by atoms with Crippen molar-refractivity contribution in [1.29, 1.82) is 0 Å². The van der Waals surface area contributed by atoms with Crippen LogP contribution < -0.4 is 10.6 Å².